The molecule has 0 heterocycles. The molecule has 3 aromatic rings. The SMILES string of the molecule is Cc1cc(C(=O)Nc2cccc3c(O)ccc(S(=O)(=O)O)c23)ccc1[N+](=O)[O-]. The van der Waals surface area contributed by atoms with Crippen molar-refractivity contribution in [3.8, 4) is 5.75 Å². The number of nitro benzene ring substituents is 1. The van der Waals surface area contributed by atoms with E-state index in [9.17, 15) is 33.0 Å². The summed E-state index contributed by atoms with van der Waals surface area (Å²) in [5.74, 6) is -0.875. The molecule has 3 N–H and O–H groups in total. The third-order valence-corrected chi connectivity index (χ3v) is 5.06. The van der Waals surface area contributed by atoms with Crippen molar-refractivity contribution >= 4 is 38.2 Å². The van der Waals surface area contributed by atoms with Gasteiger partial charge in [0.15, 0.2) is 0 Å². The predicted molar refractivity (Wildman–Crippen MR) is 101 cm³/mol. The largest absolute Gasteiger partial charge is 0.507 e. The minimum atomic E-state index is -4.63. The molecule has 0 fully saturated rings. The third kappa shape index (κ3) is 3.50. The first-order chi connectivity index (χ1) is 13.1. The molecule has 9 nitrogen and oxygen atoms in total. The van der Waals surface area contributed by atoms with Crippen molar-refractivity contribution in [3.63, 3.8) is 0 Å². The fourth-order valence-corrected chi connectivity index (χ4v) is 3.59. The topological polar surface area (TPSA) is 147 Å². The fraction of sp³-hybridized carbons (Fsp3) is 0.0556. The van der Waals surface area contributed by atoms with Crippen molar-refractivity contribution in [2.75, 3.05) is 5.32 Å². The number of benzene rings is 3. The number of anilines is 1. The van der Waals surface area contributed by atoms with Crippen LogP contribution in [-0.4, -0.2) is 28.9 Å². The second-order valence-corrected chi connectivity index (χ2v) is 7.39. The molecule has 0 radical (unpaired) electrons. The highest BCUT2D eigenvalue weighted by atomic mass is 32.2. The smallest absolute Gasteiger partial charge is 0.295 e. The minimum Gasteiger partial charge on any atom is -0.507 e. The number of hydrogen-bond donors (Lipinski definition) is 3. The van der Waals surface area contributed by atoms with Crippen molar-refractivity contribution in [2.24, 2.45) is 0 Å². The summed E-state index contributed by atoms with van der Waals surface area (Å²) in [4.78, 5) is 22.4. The summed E-state index contributed by atoms with van der Waals surface area (Å²) in [5.41, 5.74) is 0.308. The maximum absolute atomic E-state index is 12.6. The van der Waals surface area contributed by atoms with Crippen LogP contribution < -0.4 is 5.32 Å². The average Bonchev–Trinajstić information content (AvgIpc) is 2.61. The molecule has 10 heteroatoms. The van der Waals surface area contributed by atoms with Gasteiger partial charge in [0.05, 0.1) is 10.6 Å². The van der Waals surface area contributed by atoms with Gasteiger partial charge in [-0.05, 0) is 37.3 Å². The number of nitrogens with zero attached hydrogens (tertiary/aromatic N) is 1. The molecule has 3 rings (SSSR count). The first-order valence-corrected chi connectivity index (χ1v) is 9.32. The predicted octanol–water partition coefficient (Wildman–Crippen LogP) is 3.26. The molecule has 0 aliphatic carbocycles. The number of aromatic hydroxyl groups is 1. The average molecular weight is 402 g/mol. The number of phenolic OH excluding ortho intramolecular Hbond substituents is 1. The van der Waals surface area contributed by atoms with Crippen molar-refractivity contribution in [1.82, 2.24) is 0 Å². The van der Waals surface area contributed by atoms with Gasteiger partial charge in [-0.1, -0.05) is 12.1 Å². The maximum Gasteiger partial charge on any atom is 0.295 e. The lowest BCUT2D eigenvalue weighted by Crippen LogP contribution is -2.13. The number of carbonyl (C=O) groups excluding carboxylic acids is 1. The van der Waals surface area contributed by atoms with Gasteiger partial charge in [0.1, 0.15) is 10.6 Å². The van der Waals surface area contributed by atoms with Gasteiger partial charge in [0.2, 0.25) is 0 Å². The molecule has 0 saturated heterocycles. The van der Waals surface area contributed by atoms with Gasteiger partial charge >= 0.3 is 0 Å². The zero-order chi connectivity index (χ0) is 20.6. The zero-order valence-corrected chi connectivity index (χ0v) is 15.2. The van der Waals surface area contributed by atoms with Crippen LogP contribution in [0.3, 0.4) is 0 Å². The monoisotopic (exact) mass is 402 g/mol. The number of hydrogen-bond acceptors (Lipinski definition) is 6. The summed E-state index contributed by atoms with van der Waals surface area (Å²) < 4.78 is 32.9. The molecule has 144 valence electrons. The number of aryl methyl sites for hydroxylation is 1. The number of nitrogens with one attached hydrogen (secondary N) is 1. The van der Waals surface area contributed by atoms with E-state index in [1.165, 1.54) is 43.3 Å². The maximum atomic E-state index is 12.6. The van der Waals surface area contributed by atoms with E-state index in [1.54, 1.807) is 0 Å². The van der Waals surface area contributed by atoms with Crippen molar-refractivity contribution in [3.05, 3.63) is 69.8 Å². The molecule has 0 bridgehead atoms. The van der Waals surface area contributed by atoms with E-state index < -0.39 is 25.8 Å². The lowest BCUT2D eigenvalue weighted by Gasteiger charge is -2.13. The fourth-order valence-electron chi connectivity index (χ4n) is 2.87. The van der Waals surface area contributed by atoms with Gasteiger partial charge in [-0.15, -0.1) is 0 Å². The Balaban J connectivity index is 2.10. The molecular weight excluding hydrogens is 388 g/mol. The Labute approximate surface area is 159 Å². The van der Waals surface area contributed by atoms with Crippen molar-refractivity contribution < 1.29 is 27.8 Å². The molecule has 0 aromatic heterocycles. The van der Waals surface area contributed by atoms with Gasteiger partial charge in [-0.2, -0.15) is 8.42 Å². The van der Waals surface area contributed by atoms with Crippen LogP contribution >= 0.6 is 0 Å². The molecule has 0 atom stereocenters. The highest BCUT2D eigenvalue weighted by Crippen LogP contribution is 2.35. The van der Waals surface area contributed by atoms with E-state index in [0.29, 0.717) is 0 Å². The molecule has 0 saturated carbocycles. The molecule has 0 aliphatic rings. The Morgan fingerprint density at radius 3 is 2.46 bits per heavy atom. The van der Waals surface area contributed by atoms with E-state index >= 15 is 0 Å². The van der Waals surface area contributed by atoms with Crippen LogP contribution in [0.2, 0.25) is 0 Å². The van der Waals surface area contributed by atoms with E-state index in [-0.39, 0.29) is 39.0 Å². The van der Waals surface area contributed by atoms with Gasteiger partial charge < -0.3 is 10.4 Å². The summed E-state index contributed by atoms with van der Waals surface area (Å²) in [6, 6.07) is 10.3. The Bertz CT molecular complexity index is 1240. The first-order valence-electron chi connectivity index (χ1n) is 7.88. The lowest BCUT2D eigenvalue weighted by molar-refractivity contribution is -0.385. The van der Waals surface area contributed by atoms with E-state index in [1.807, 2.05) is 0 Å². The van der Waals surface area contributed by atoms with Gasteiger partial charge in [0, 0.05) is 28.0 Å². The second-order valence-electron chi connectivity index (χ2n) is 6.00. The highest BCUT2D eigenvalue weighted by molar-refractivity contribution is 7.86. The molecule has 28 heavy (non-hydrogen) atoms. The van der Waals surface area contributed by atoms with Crippen molar-refractivity contribution in [2.45, 2.75) is 11.8 Å². The lowest BCUT2D eigenvalue weighted by atomic mass is 10.1. The molecule has 0 spiro atoms. The molecule has 0 aliphatic heterocycles. The number of amides is 1. The Morgan fingerprint density at radius 2 is 1.86 bits per heavy atom. The summed E-state index contributed by atoms with van der Waals surface area (Å²) in [5, 5.41) is 23.5. The number of carbonyl (C=O) groups is 1. The molecule has 3 aromatic carbocycles. The van der Waals surface area contributed by atoms with Crippen LogP contribution in [0.5, 0.6) is 5.75 Å². The Hall–Kier alpha value is -3.50. The number of fused-ring (bicyclic) bond motifs is 1. The second kappa shape index (κ2) is 6.91. The van der Waals surface area contributed by atoms with Crippen molar-refractivity contribution in [1.29, 1.82) is 0 Å². The van der Waals surface area contributed by atoms with Gasteiger partial charge in [0.25, 0.3) is 21.7 Å². The van der Waals surface area contributed by atoms with Crippen LogP contribution in [0.1, 0.15) is 15.9 Å². The number of nitro groups is 1. The zero-order valence-electron chi connectivity index (χ0n) is 14.4. The number of phenols is 1. The highest BCUT2D eigenvalue weighted by Gasteiger charge is 2.20. The molecule has 1 amide bonds. The number of rotatable bonds is 4. The van der Waals surface area contributed by atoms with E-state index in [2.05, 4.69) is 5.32 Å². The van der Waals surface area contributed by atoms with Gasteiger partial charge in [-0.3, -0.25) is 19.5 Å². The van der Waals surface area contributed by atoms with E-state index in [0.717, 1.165) is 12.1 Å². The normalized spacial score (nSPS) is 11.4. The third-order valence-electron chi connectivity index (χ3n) is 4.16. The van der Waals surface area contributed by atoms with E-state index in [4.69, 9.17) is 0 Å². The van der Waals surface area contributed by atoms with Gasteiger partial charge in [-0.25, -0.2) is 0 Å². The van der Waals surface area contributed by atoms with Crippen LogP contribution in [-0.2, 0) is 10.1 Å². The Kier molecular flexibility index (Phi) is 4.75. The summed E-state index contributed by atoms with van der Waals surface area (Å²) in [6.07, 6.45) is 0. The first kappa shape index (κ1) is 19.3. The summed E-state index contributed by atoms with van der Waals surface area (Å²) in [7, 11) is -4.63. The van der Waals surface area contributed by atoms with Crippen LogP contribution in [0.4, 0.5) is 11.4 Å². The molecular formula is C18H14N2O7S. The molecule has 0 unspecified atom stereocenters. The quantitative estimate of drug-likeness (QED) is 0.345. The standard InChI is InChI=1S/C18H14N2O7S/c1-10-9-11(5-6-14(10)20(23)24)18(22)19-13-4-2-3-12-15(21)7-8-16(17(12)13)28(25,26)27/h2-9,21H,1H3,(H,19,22)(H,25,26,27). The Morgan fingerprint density at radius 1 is 1.14 bits per heavy atom. The van der Waals surface area contributed by atoms with Crippen LogP contribution in [0.25, 0.3) is 10.8 Å². The summed E-state index contributed by atoms with van der Waals surface area (Å²) >= 11 is 0. The summed E-state index contributed by atoms with van der Waals surface area (Å²) in [6.45, 7) is 1.49. The minimum absolute atomic E-state index is 0.0435. The van der Waals surface area contributed by atoms with Crippen LogP contribution in [0.15, 0.2) is 53.4 Å². The van der Waals surface area contributed by atoms with Crippen LogP contribution in [0, 0.1) is 17.0 Å².